The minimum Gasteiger partial charge on any atom is -0.481 e. The Morgan fingerprint density at radius 2 is 2.09 bits per heavy atom. The van der Waals surface area contributed by atoms with E-state index in [1.807, 2.05) is 0 Å². The van der Waals surface area contributed by atoms with Gasteiger partial charge in [-0.15, -0.1) is 22.8 Å². The smallest absolute Gasteiger partial charge is 0.303 e. The van der Waals surface area contributed by atoms with Gasteiger partial charge in [-0.1, -0.05) is 0 Å². The van der Waals surface area contributed by atoms with Crippen LogP contribution in [0.4, 0.5) is 0 Å². The highest BCUT2D eigenvalue weighted by Crippen LogP contribution is 1.91. The average molecular weight is 359 g/mol. The molecule has 0 atom stereocenters. The molecular weight excluding hydrogens is 346 g/mol. The molecule has 23 heavy (non-hydrogen) atoms. The molecule has 124 valence electrons. The molecule has 0 spiro atoms. The summed E-state index contributed by atoms with van der Waals surface area (Å²) in [6.07, 6.45) is -0.0303. The Morgan fingerprint density at radius 3 is 2.61 bits per heavy atom. The van der Waals surface area contributed by atoms with Crippen LogP contribution in [0, 0.1) is 11.7 Å². The van der Waals surface area contributed by atoms with Gasteiger partial charge >= 0.3 is 5.97 Å². The summed E-state index contributed by atoms with van der Waals surface area (Å²) in [6.45, 7) is 1.53. The number of aliphatic carboxylic acids is 1. The van der Waals surface area contributed by atoms with Crippen LogP contribution >= 0.6 is 24.8 Å². The molecule has 0 aliphatic rings. The number of nitrogens with zero attached hydrogens (tertiary/aromatic N) is 4. The zero-order valence-electron chi connectivity index (χ0n) is 11.8. The van der Waals surface area contributed by atoms with Crippen LogP contribution in [0.3, 0.4) is 0 Å². The molecule has 0 aliphatic heterocycles. The molecule has 2 aromatic heterocycles. The third kappa shape index (κ3) is 5.63. The maximum Gasteiger partial charge on any atom is 0.303 e. The number of rotatable bonds is 3. The number of aryl methyl sites for hydroxylation is 2. The molecule has 0 aliphatic carbocycles. The number of nitrogens with two attached hydrogens (primary N) is 1. The number of aromatic nitrogens is 6. The highest BCUT2D eigenvalue weighted by molar-refractivity contribution is 7.80. The predicted octanol–water partition coefficient (Wildman–Crippen LogP) is -1.21. The minimum absolute atomic E-state index is 0.0940. The lowest BCUT2D eigenvalue weighted by molar-refractivity contribution is -0.136. The third-order valence-electron chi connectivity index (χ3n) is 2.39. The Bertz CT molecular complexity index is 872. The lowest BCUT2D eigenvalue weighted by Crippen LogP contribution is -2.31. The maximum atomic E-state index is 11.1. The first-order chi connectivity index (χ1) is 10.7. The second-order valence-corrected chi connectivity index (χ2v) is 4.92. The van der Waals surface area contributed by atoms with Crippen LogP contribution in [-0.4, -0.2) is 41.1 Å². The Balaban J connectivity index is 0.000000238. The molecule has 13 heteroatoms. The van der Waals surface area contributed by atoms with Crippen molar-refractivity contribution < 1.29 is 9.90 Å². The number of carbonyl (C=O) groups is 1. The van der Waals surface area contributed by atoms with E-state index in [0.717, 1.165) is 4.68 Å². The van der Waals surface area contributed by atoms with Crippen LogP contribution in [-0.2, 0) is 11.2 Å². The Labute approximate surface area is 139 Å². The summed E-state index contributed by atoms with van der Waals surface area (Å²) in [6, 6.07) is 0. The highest BCUT2D eigenvalue weighted by atomic mass is 32.1. The van der Waals surface area contributed by atoms with Crippen molar-refractivity contribution in [3.63, 3.8) is 0 Å². The molecule has 0 amide bonds. The molecule has 0 aromatic carbocycles. The SMILES string of the molecule is Cc1nnc(S)n(N)c1=O.O=C(O)CCc1n[nH]c(=S)[nH]c1=O. The van der Waals surface area contributed by atoms with Crippen molar-refractivity contribution in [1.29, 1.82) is 0 Å². The van der Waals surface area contributed by atoms with Gasteiger partial charge in [0.15, 0.2) is 4.77 Å². The Hall–Kier alpha value is -2.54. The lowest BCUT2D eigenvalue weighted by Gasteiger charge is -1.98. The molecule has 0 unspecified atom stereocenters. The van der Waals surface area contributed by atoms with Crippen molar-refractivity contribution in [2.24, 2.45) is 0 Å². The van der Waals surface area contributed by atoms with Gasteiger partial charge in [0.1, 0.15) is 11.4 Å². The van der Waals surface area contributed by atoms with Crippen molar-refractivity contribution in [3.8, 4) is 0 Å². The number of thiol groups is 1. The van der Waals surface area contributed by atoms with E-state index in [9.17, 15) is 14.4 Å². The van der Waals surface area contributed by atoms with Crippen LogP contribution in [0.2, 0.25) is 0 Å². The first-order valence-electron chi connectivity index (χ1n) is 6.02. The molecule has 2 rings (SSSR count). The van der Waals surface area contributed by atoms with Crippen LogP contribution in [0.15, 0.2) is 14.7 Å². The minimum atomic E-state index is -0.969. The van der Waals surface area contributed by atoms with Crippen molar-refractivity contribution in [2.45, 2.75) is 24.9 Å². The normalized spacial score (nSPS) is 9.83. The second kappa shape index (κ2) is 8.19. The van der Waals surface area contributed by atoms with E-state index in [0.29, 0.717) is 0 Å². The molecule has 2 aromatic rings. The average Bonchev–Trinajstić information content (AvgIpc) is 2.49. The van der Waals surface area contributed by atoms with E-state index < -0.39 is 11.5 Å². The monoisotopic (exact) mass is 359 g/mol. The van der Waals surface area contributed by atoms with E-state index in [1.54, 1.807) is 0 Å². The number of aromatic amines is 2. The maximum absolute atomic E-state index is 11.1. The van der Waals surface area contributed by atoms with Crippen LogP contribution in [0.1, 0.15) is 17.8 Å². The van der Waals surface area contributed by atoms with E-state index in [1.165, 1.54) is 6.92 Å². The second-order valence-electron chi connectivity index (χ2n) is 4.11. The van der Waals surface area contributed by atoms with Gasteiger partial charge in [-0.3, -0.25) is 24.5 Å². The van der Waals surface area contributed by atoms with E-state index in [4.69, 9.17) is 10.9 Å². The molecule has 0 radical (unpaired) electrons. The van der Waals surface area contributed by atoms with E-state index in [2.05, 4.69) is 50.2 Å². The molecular formula is C10H13N7O4S2. The molecule has 0 bridgehead atoms. The number of nitrogen functional groups attached to an aromatic ring is 1. The Morgan fingerprint density at radius 1 is 1.43 bits per heavy atom. The summed E-state index contributed by atoms with van der Waals surface area (Å²) < 4.78 is 0.968. The molecule has 0 fully saturated rings. The van der Waals surface area contributed by atoms with Crippen LogP contribution in [0.5, 0.6) is 0 Å². The first kappa shape index (κ1) is 18.5. The topological polar surface area (TPSA) is 173 Å². The molecule has 0 saturated carbocycles. The number of H-pyrrole nitrogens is 2. The van der Waals surface area contributed by atoms with Crippen molar-refractivity contribution >= 4 is 30.8 Å². The number of hydrogen-bond donors (Lipinski definition) is 5. The zero-order valence-corrected chi connectivity index (χ0v) is 13.5. The highest BCUT2D eigenvalue weighted by Gasteiger charge is 2.04. The number of nitrogens with one attached hydrogen (secondary N) is 2. The summed E-state index contributed by atoms with van der Waals surface area (Å²) in [7, 11) is 0. The van der Waals surface area contributed by atoms with Crippen LogP contribution < -0.4 is 17.0 Å². The van der Waals surface area contributed by atoms with Gasteiger partial charge in [-0.25, -0.2) is 0 Å². The lowest BCUT2D eigenvalue weighted by atomic mass is 10.2. The van der Waals surface area contributed by atoms with Gasteiger partial charge in [0.05, 0.1) is 6.42 Å². The van der Waals surface area contributed by atoms with Gasteiger partial charge in [0.25, 0.3) is 11.1 Å². The summed E-state index contributed by atoms with van der Waals surface area (Å²) in [5.74, 6) is 4.24. The quantitative estimate of drug-likeness (QED) is 0.256. The molecule has 2 heterocycles. The fourth-order valence-electron chi connectivity index (χ4n) is 1.24. The largest absolute Gasteiger partial charge is 0.481 e. The molecule has 11 nitrogen and oxygen atoms in total. The van der Waals surface area contributed by atoms with Gasteiger partial charge in [0, 0.05) is 6.42 Å². The summed E-state index contributed by atoms with van der Waals surface area (Å²) in [5.41, 5.74) is -0.402. The van der Waals surface area contributed by atoms with Gasteiger partial charge in [-0.05, 0) is 19.1 Å². The van der Waals surface area contributed by atoms with Crippen molar-refractivity contribution in [1.82, 2.24) is 30.1 Å². The zero-order chi connectivity index (χ0) is 17.6. The van der Waals surface area contributed by atoms with E-state index >= 15 is 0 Å². The summed E-state index contributed by atoms with van der Waals surface area (Å²) in [5, 5.41) is 21.4. The fraction of sp³-hybridized carbons (Fsp3) is 0.300. The van der Waals surface area contributed by atoms with E-state index in [-0.39, 0.29) is 39.7 Å². The van der Waals surface area contributed by atoms with Gasteiger partial charge < -0.3 is 10.9 Å². The van der Waals surface area contributed by atoms with Gasteiger partial charge in [-0.2, -0.15) is 9.77 Å². The summed E-state index contributed by atoms with van der Waals surface area (Å²) in [4.78, 5) is 34.4. The number of carboxylic acid groups (broad SMARTS) is 1. The van der Waals surface area contributed by atoms with Crippen LogP contribution in [0.25, 0.3) is 0 Å². The van der Waals surface area contributed by atoms with Crippen molar-refractivity contribution in [2.75, 3.05) is 5.84 Å². The summed E-state index contributed by atoms with van der Waals surface area (Å²) >= 11 is 8.38. The number of hydrogen-bond acceptors (Lipinski definition) is 9. The molecule has 5 N–H and O–H groups in total. The predicted molar refractivity (Wildman–Crippen MR) is 84.4 cm³/mol. The molecule has 0 saturated heterocycles. The first-order valence-corrected chi connectivity index (χ1v) is 6.88. The Kier molecular flexibility index (Phi) is 6.59. The standard InChI is InChI=1S/C6H7N3O3S.C4H6N4OS/c10-4(11)2-1-3-5(12)7-6(13)9-8-3;1-2-3(9)8(5)4(10)7-6-2/h1-2H2,(H,10,11)(H2,7,9,12,13);5H2,1H3,(H,7,10). The van der Waals surface area contributed by atoms with Gasteiger partial charge in [0.2, 0.25) is 5.16 Å². The fourth-order valence-corrected chi connectivity index (χ4v) is 1.52. The van der Waals surface area contributed by atoms with Crippen molar-refractivity contribution in [3.05, 3.63) is 36.9 Å². The number of carboxylic acids is 1. The third-order valence-corrected chi connectivity index (χ3v) is 2.89.